The molecule has 0 spiro atoms. The van der Waals surface area contributed by atoms with Crippen LogP contribution in [0.5, 0.6) is 5.75 Å². The minimum Gasteiger partial charge on any atom is -0.497 e. The van der Waals surface area contributed by atoms with Crippen molar-refractivity contribution in [2.75, 3.05) is 7.11 Å². The van der Waals surface area contributed by atoms with Gasteiger partial charge in [-0.15, -0.1) is 5.10 Å². The Morgan fingerprint density at radius 3 is 2.53 bits per heavy atom. The van der Waals surface area contributed by atoms with Gasteiger partial charge in [-0.25, -0.2) is 4.68 Å². The van der Waals surface area contributed by atoms with E-state index < -0.39 is 6.10 Å². The number of hydrogen-bond donors (Lipinski definition) is 1. The molecular weight excluding hydrogens is 378 g/mol. The average Bonchev–Trinajstić information content (AvgIpc) is 3.16. The van der Waals surface area contributed by atoms with E-state index in [2.05, 4.69) is 10.3 Å². The van der Waals surface area contributed by atoms with Gasteiger partial charge in [0, 0.05) is 7.05 Å². The summed E-state index contributed by atoms with van der Waals surface area (Å²) in [4.78, 5) is 0. The molecule has 30 heavy (non-hydrogen) atoms. The van der Waals surface area contributed by atoms with Gasteiger partial charge < -0.3 is 14.6 Å². The van der Waals surface area contributed by atoms with Crippen LogP contribution >= 0.6 is 0 Å². The van der Waals surface area contributed by atoms with Crippen molar-refractivity contribution in [1.82, 2.24) is 15.0 Å². The van der Waals surface area contributed by atoms with Crippen molar-refractivity contribution in [3.63, 3.8) is 0 Å². The number of hydrogen-bond acceptors (Lipinski definition) is 5. The van der Waals surface area contributed by atoms with Gasteiger partial charge in [0.15, 0.2) is 0 Å². The number of methoxy groups -OCH3 is 1. The van der Waals surface area contributed by atoms with Crippen molar-refractivity contribution in [1.29, 1.82) is 0 Å². The Balaban J connectivity index is 1.46. The van der Waals surface area contributed by atoms with Crippen LogP contribution in [0.3, 0.4) is 0 Å². The van der Waals surface area contributed by atoms with Crippen molar-refractivity contribution in [3.05, 3.63) is 88.5 Å². The van der Waals surface area contributed by atoms with E-state index in [1.54, 1.807) is 11.8 Å². The molecule has 1 aromatic heterocycles. The number of nitrogens with zero attached hydrogens (tertiary/aromatic N) is 3. The van der Waals surface area contributed by atoms with Crippen LogP contribution in [-0.2, 0) is 25.0 Å². The largest absolute Gasteiger partial charge is 0.497 e. The van der Waals surface area contributed by atoms with Crippen molar-refractivity contribution in [3.8, 4) is 5.75 Å². The number of fused-ring (bicyclic) bond motifs is 1. The second kappa shape index (κ2) is 8.65. The Labute approximate surface area is 175 Å². The predicted octanol–water partition coefficient (Wildman–Crippen LogP) is 4.08. The first-order valence-corrected chi connectivity index (χ1v) is 9.83. The molecule has 1 N–H and O–H groups in total. The smallest absolute Gasteiger partial charge is 0.118 e. The van der Waals surface area contributed by atoms with Gasteiger partial charge in [-0.2, -0.15) is 0 Å². The molecule has 1 atom stereocenters. The Morgan fingerprint density at radius 1 is 1.00 bits per heavy atom. The molecule has 0 saturated heterocycles. The molecule has 0 bridgehead atoms. The van der Waals surface area contributed by atoms with Crippen LogP contribution in [0.4, 0.5) is 0 Å². The molecule has 0 aliphatic rings. The first kappa shape index (κ1) is 20.1. The third-order valence-electron chi connectivity index (χ3n) is 5.34. The molecule has 0 aliphatic heterocycles. The number of aliphatic hydroxyl groups excluding tert-OH is 1. The maximum atomic E-state index is 11.0. The lowest BCUT2D eigenvalue weighted by Crippen LogP contribution is -2.04. The second-order valence-corrected chi connectivity index (χ2v) is 7.35. The van der Waals surface area contributed by atoms with Crippen molar-refractivity contribution >= 4 is 11.0 Å². The van der Waals surface area contributed by atoms with Crippen LogP contribution in [0.25, 0.3) is 11.0 Å². The molecule has 0 amide bonds. The van der Waals surface area contributed by atoms with Gasteiger partial charge in [0.1, 0.15) is 17.4 Å². The van der Waals surface area contributed by atoms with Crippen LogP contribution in [0.1, 0.15) is 33.9 Å². The molecule has 0 radical (unpaired) electrons. The maximum Gasteiger partial charge on any atom is 0.118 e. The Kier molecular flexibility index (Phi) is 5.79. The van der Waals surface area contributed by atoms with Gasteiger partial charge in [-0.1, -0.05) is 47.7 Å². The van der Waals surface area contributed by atoms with E-state index in [4.69, 9.17) is 9.47 Å². The standard InChI is InChI=1S/C24H25N3O3/c1-16-21(11-12-22-23(16)25-26-27(22)2)24(28)19-6-4-5-18(13-19)15-30-14-17-7-9-20(29-3)10-8-17/h4-13,24,28H,14-15H2,1-3H3. The van der Waals surface area contributed by atoms with Crippen LogP contribution in [-0.4, -0.2) is 27.2 Å². The van der Waals surface area contributed by atoms with Crippen molar-refractivity contribution < 1.29 is 14.6 Å². The summed E-state index contributed by atoms with van der Waals surface area (Å²) in [5, 5.41) is 19.3. The molecule has 1 heterocycles. The summed E-state index contributed by atoms with van der Waals surface area (Å²) in [6.07, 6.45) is -0.738. The predicted molar refractivity (Wildman–Crippen MR) is 115 cm³/mol. The van der Waals surface area contributed by atoms with E-state index in [9.17, 15) is 5.11 Å². The van der Waals surface area contributed by atoms with Gasteiger partial charge in [0.05, 0.1) is 25.8 Å². The number of benzene rings is 3. The molecule has 6 nitrogen and oxygen atoms in total. The lowest BCUT2D eigenvalue weighted by molar-refractivity contribution is 0.107. The van der Waals surface area contributed by atoms with Crippen molar-refractivity contribution in [2.45, 2.75) is 26.2 Å². The zero-order valence-corrected chi connectivity index (χ0v) is 17.4. The molecule has 154 valence electrons. The molecule has 0 saturated carbocycles. The number of aryl methyl sites for hydroxylation is 2. The molecule has 3 aromatic carbocycles. The molecule has 0 fully saturated rings. The molecular formula is C24H25N3O3. The third kappa shape index (κ3) is 4.06. The van der Waals surface area contributed by atoms with E-state index in [1.165, 1.54) is 0 Å². The van der Waals surface area contributed by atoms with Crippen LogP contribution in [0, 0.1) is 6.92 Å². The van der Waals surface area contributed by atoms with Gasteiger partial charge in [0.25, 0.3) is 0 Å². The third-order valence-corrected chi connectivity index (χ3v) is 5.34. The van der Waals surface area contributed by atoms with E-state index in [0.29, 0.717) is 13.2 Å². The summed E-state index contributed by atoms with van der Waals surface area (Å²) in [5.74, 6) is 0.829. The summed E-state index contributed by atoms with van der Waals surface area (Å²) in [6.45, 7) is 2.95. The molecule has 6 heteroatoms. The topological polar surface area (TPSA) is 69.4 Å². The monoisotopic (exact) mass is 403 g/mol. The van der Waals surface area contributed by atoms with Gasteiger partial charge in [-0.05, 0) is 52.9 Å². The van der Waals surface area contributed by atoms with E-state index >= 15 is 0 Å². The summed E-state index contributed by atoms with van der Waals surface area (Å²) in [7, 11) is 3.51. The Hall–Kier alpha value is -3.22. The lowest BCUT2D eigenvalue weighted by Gasteiger charge is -2.16. The van der Waals surface area contributed by atoms with Gasteiger partial charge in [0.2, 0.25) is 0 Å². The lowest BCUT2D eigenvalue weighted by atomic mass is 9.95. The van der Waals surface area contributed by atoms with Crippen LogP contribution in [0.2, 0.25) is 0 Å². The van der Waals surface area contributed by atoms with E-state index in [-0.39, 0.29) is 0 Å². The first-order valence-electron chi connectivity index (χ1n) is 9.83. The zero-order chi connectivity index (χ0) is 21.1. The number of aliphatic hydroxyl groups is 1. The van der Waals surface area contributed by atoms with Gasteiger partial charge in [-0.3, -0.25) is 0 Å². The van der Waals surface area contributed by atoms with Crippen molar-refractivity contribution in [2.24, 2.45) is 7.05 Å². The van der Waals surface area contributed by atoms with Crippen LogP contribution in [0.15, 0.2) is 60.7 Å². The van der Waals surface area contributed by atoms with Gasteiger partial charge >= 0.3 is 0 Å². The fourth-order valence-electron chi connectivity index (χ4n) is 3.59. The number of ether oxygens (including phenoxy) is 2. The fourth-order valence-corrected chi connectivity index (χ4v) is 3.59. The highest BCUT2D eigenvalue weighted by Crippen LogP contribution is 2.29. The average molecular weight is 403 g/mol. The number of aromatic nitrogens is 3. The minimum absolute atomic E-state index is 0.467. The second-order valence-electron chi connectivity index (χ2n) is 7.35. The fraction of sp³-hybridized carbons (Fsp3) is 0.250. The quantitative estimate of drug-likeness (QED) is 0.503. The SMILES string of the molecule is COc1ccc(COCc2cccc(C(O)c3ccc4c(nnn4C)c3C)c2)cc1. The minimum atomic E-state index is -0.738. The zero-order valence-electron chi connectivity index (χ0n) is 17.4. The van der Waals surface area contributed by atoms with E-state index in [0.717, 1.165) is 44.6 Å². The molecule has 1 unspecified atom stereocenters. The normalized spacial score (nSPS) is 12.3. The maximum absolute atomic E-state index is 11.0. The Bertz CT molecular complexity index is 1150. The summed E-state index contributed by atoms with van der Waals surface area (Å²) in [6, 6.07) is 19.6. The highest BCUT2D eigenvalue weighted by atomic mass is 16.5. The number of rotatable bonds is 7. The highest BCUT2D eigenvalue weighted by Gasteiger charge is 2.17. The summed E-state index contributed by atoms with van der Waals surface area (Å²) >= 11 is 0. The van der Waals surface area contributed by atoms with E-state index in [1.807, 2.05) is 74.6 Å². The summed E-state index contributed by atoms with van der Waals surface area (Å²) in [5.41, 5.74) is 6.45. The molecule has 0 aliphatic carbocycles. The highest BCUT2D eigenvalue weighted by molar-refractivity contribution is 5.79. The Morgan fingerprint density at radius 2 is 1.77 bits per heavy atom. The summed E-state index contributed by atoms with van der Waals surface area (Å²) < 4.78 is 12.8. The molecule has 4 aromatic rings. The molecule has 4 rings (SSSR count). The van der Waals surface area contributed by atoms with Crippen LogP contribution < -0.4 is 4.74 Å². The first-order chi connectivity index (χ1) is 14.6.